The van der Waals surface area contributed by atoms with Crippen molar-refractivity contribution in [3.63, 3.8) is 0 Å². The van der Waals surface area contributed by atoms with Crippen LogP contribution in [0.4, 0.5) is 10.3 Å². The van der Waals surface area contributed by atoms with Gasteiger partial charge in [-0.3, -0.25) is 4.98 Å². The third-order valence-electron chi connectivity index (χ3n) is 4.98. The number of rotatable bonds is 3. The van der Waals surface area contributed by atoms with Crippen LogP contribution < -0.4 is 5.32 Å². The van der Waals surface area contributed by atoms with E-state index in [-0.39, 0.29) is 19.5 Å². The van der Waals surface area contributed by atoms with Crippen LogP contribution in [0.3, 0.4) is 0 Å². The minimum absolute atomic E-state index is 0. The first-order chi connectivity index (χ1) is 13.2. The van der Waals surface area contributed by atoms with Crippen LogP contribution in [0.15, 0.2) is 36.9 Å². The summed E-state index contributed by atoms with van der Waals surface area (Å²) in [6.07, 6.45) is 9.39. The number of anilines is 1. The first kappa shape index (κ1) is 18.4. The van der Waals surface area contributed by atoms with Crippen LogP contribution in [0.2, 0.25) is 0 Å². The topological polar surface area (TPSA) is 83.8 Å². The molecule has 2 N–H and O–H groups in total. The largest absolute Gasteiger partial charge is 0.365 e. The van der Waals surface area contributed by atoms with Crippen molar-refractivity contribution in [2.75, 3.05) is 5.32 Å². The Morgan fingerprint density at radius 3 is 3.00 bits per heavy atom. The lowest BCUT2D eigenvalue weighted by molar-refractivity contribution is 0.597. The molecule has 144 valence electrons. The van der Waals surface area contributed by atoms with Crippen molar-refractivity contribution in [1.82, 2.24) is 29.5 Å². The molecular weight excluding hydrogens is 377 g/mol. The third kappa shape index (κ3) is 3.22. The molecule has 0 amide bonds. The molecule has 1 atom stereocenters. The minimum atomic E-state index is -0.414. The number of hydrogen-bond donors (Lipinski definition) is 2. The van der Waals surface area contributed by atoms with E-state index in [1.54, 1.807) is 16.9 Å². The minimum Gasteiger partial charge on any atom is -0.365 e. The van der Waals surface area contributed by atoms with E-state index in [2.05, 4.69) is 36.4 Å². The predicted molar refractivity (Wildman–Crippen MR) is 109 cm³/mol. The number of nitrogens with zero attached hydrogens (tertiary/aromatic N) is 5. The van der Waals surface area contributed by atoms with Gasteiger partial charge in [-0.05, 0) is 43.9 Å². The monoisotopic (exact) mass is 397 g/mol. The summed E-state index contributed by atoms with van der Waals surface area (Å²) in [5.74, 6) is 0.623. The molecule has 9 heteroatoms. The summed E-state index contributed by atoms with van der Waals surface area (Å²) >= 11 is 0. The fraction of sp³-hybridized carbons (Fsp3) is 0.263. The highest BCUT2D eigenvalue weighted by atomic mass is 32.1. The van der Waals surface area contributed by atoms with E-state index in [1.807, 2.05) is 13.1 Å². The smallest absolute Gasteiger partial charge is 0.228 e. The molecule has 0 aliphatic heterocycles. The number of hydrogen-bond acceptors (Lipinski definition) is 5. The van der Waals surface area contributed by atoms with Crippen molar-refractivity contribution in [2.24, 2.45) is 0 Å². The highest BCUT2D eigenvalue weighted by molar-refractivity contribution is 7.59. The second-order valence-corrected chi connectivity index (χ2v) is 6.89. The summed E-state index contributed by atoms with van der Waals surface area (Å²) in [6, 6.07) is 3.76. The number of halogens is 1. The number of nitrogens with one attached hydrogen (secondary N) is 2. The summed E-state index contributed by atoms with van der Waals surface area (Å²) < 4.78 is 15.3. The zero-order valence-electron chi connectivity index (χ0n) is 15.3. The zero-order valence-corrected chi connectivity index (χ0v) is 16.3. The van der Waals surface area contributed by atoms with Crippen LogP contribution in [-0.2, 0) is 12.8 Å². The molecule has 0 saturated heterocycles. The molecule has 4 heterocycles. The molecule has 4 aromatic heterocycles. The van der Waals surface area contributed by atoms with Gasteiger partial charge in [0, 0.05) is 35.3 Å². The SMILES string of the molecule is Cc1cnn2c(N[C@H]3CCc4[nH]ccc4C3)nc(-c3cncc(F)c3)nc12.S. The molecule has 4 aromatic rings. The summed E-state index contributed by atoms with van der Waals surface area (Å²) in [5.41, 5.74) is 4.81. The van der Waals surface area contributed by atoms with E-state index >= 15 is 0 Å². The normalized spacial score (nSPS) is 15.9. The summed E-state index contributed by atoms with van der Waals surface area (Å²) in [5, 5.41) is 7.92. The highest BCUT2D eigenvalue weighted by Crippen LogP contribution is 2.24. The van der Waals surface area contributed by atoms with Crippen molar-refractivity contribution >= 4 is 25.1 Å². The second-order valence-electron chi connectivity index (χ2n) is 6.89. The molecule has 7 nitrogen and oxygen atoms in total. The second kappa shape index (κ2) is 7.23. The van der Waals surface area contributed by atoms with Gasteiger partial charge in [-0.25, -0.2) is 9.37 Å². The molecule has 1 aliphatic carbocycles. The van der Waals surface area contributed by atoms with E-state index < -0.39 is 5.82 Å². The van der Waals surface area contributed by atoms with Gasteiger partial charge in [0.05, 0.1) is 12.4 Å². The van der Waals surface area contributed by atoms with Crippen LogP contribution in [-0.4, -0.2) is 35.6 Å². The molecule has 0 radical (unpaired) electrons. The Bertz CT molecular complexity index is 1140. The van der Waals surface area contributed by atoms with Gasteiger partial charge in [0.1, 0.15) is 5.82 Å². The highest BCUT2D eigenvalue weighted by Gasteiger charge is 2.22. The first-order valence-electron chi connectivity index (χ1n) is 8.92. The van der Waals surface area contributed by atoms with Crippen LogP contribution in [0.1, 0.15) is 23.2 Å². The Kier molecular flexibility index (Phi) is 4.76. The molecule has 0 unspecified atom stereocenters. The number of H-pyrrole nitrogens is 1. The Morgan fingerprint density at radius 2 is 2.14 bits per heavy atom. The van der Waals surface area contributed by atoms with Crippen LogP contribution >= 0.6 is 13.5 Å². The van der Waals surface area contributed by atoms with Gasteiger partial charge in [-0.1, -0.05) is 0 Å². The van der Waals surface area contributed by atoms with Crippen LogP contribution in [0.25, 0.3) is 17.0 Å². The van der Waals surface area contributed by atoms with Crippen molar-refractivity contribution in [3.8, 4) is 11.4 Å². The maximum absolute atomic E-state index is 13.6. The van der Waals surface area contributed by atoms with Gasteiger partial charge in [-0.15, -0.1) is 0 Å². The molecule has 0 spiro atoms. The van der Waals surface area contributed by atoms with Crippen molar-refractivity contribution < 1.29 is 4.39 Å². The number of aromatic amines is 1. The summed E-state index contributed by atoms with van der Waals surface area (Å²) in [4.78, 5) is 16.4. The van der Waals surface area contributed by atoms with E-state index in [4.69, 9.17) is 0 Å². The summed E-state index contributed by atoms with van der Waals surface area (Å²) in [6.45, 7) is 1.94. The molecule has 0 aromatic carbocycles. The first-order valence-corrected chi connectivity index (χ1v) is 8.92. The van der Waals surface area contributed by atoms with Crippen molar-refractivity contribution in [3.05, 3.63) is 59.6 Å². The maximum Gasteiger partial charge on any atom is 0.228 e. The average molecular weight is 397 g/mol. The third-order valence-corrected chi connectivity index (χ3v) is 4.98. The number of pyridine rings is 1. The maximum atomic E-state index is 13.6. The van der Waals surface area contributed by atoms with Gasteiger partial charge in [0.15, 0.2) is 11.5 Å². The average Bonchev–Trinajstić information content (AvgIpc) is 3.28. The molecule has 1 aliphatic rings. The lowest BCUT2D eigenvalue weighted by Crippen LogP contribution is -2.28. The standard InChI is InChI=1S/C19H18FN7.H2S/c1-11-8-23-27-18(11)25-17(13-6-14(20)10-21-9-13)26-19(27)24-15-2-3-16-12(7-15)4-5-22-16;/h4-6,8-10,15,22H,2-3,7H2,1H3,(H,24,25,26);1H2/t15-;/m0./s1. The van der Waals surface area contributed by atoms with Gasteiger partial charge < -0.3 is 10.3 Å². The van der Waals surface area contributed by atoms with Crippen LogP contribution in [0.5, 0.6) is 0 Å². The Hall–Kier alpha value is -2.94. The quantitative estimate of drug-likeness (QED) is 0.555. The molecule has 0 saturated carbocycles. The van der Waals surface area contributed by atoms with Crippen molar-refractivity contribution in [2.45, 2.75) is 32.2 Å². The number of aryl methyl sites for hydroxylation is 2. The molecule has 5 rings (SSSR count). The van der Waals surface area contributed by atoms with E-state index in [1.165, 1.54) is 23.5 Å². The fourth-order valence-electron chi connectivity index (χ4n) is 3.60. The van der Waals surface area contributed by atoms with Gasteiger partial charge >= 0.3 is 0 Å². The lowest BCUT2D eigenvalue weighted by atomic mass is 9.93. The molecule has 28 heavy (non-hydrogen) atoms. The fourth-order valence-corrected chi connectivity index (χ4v) is 3.60. The number of aromatic nitrogens is 6. The predicted octanol–water partition coefficient (Wildman–Crippen LogP) is 3.04. The van der Waals surface area contributed by atoms with E-state index in [0.717, 1.165) is 24.8 Å². The number of fused-ring (bicyclic) bond motifs is 2. The molecule has 0 fully saturated rings. The van der Waals surface area contributed by atoms with E-state index in [0.29, 0.717) is 23.0 Å². The van der Waals surface area contributed by atoms with Gasteiger partial charge in [0.25, 0.3) is 0 Å². The lowest BCUT2D eigenvalue weighted by Gasteiger charge is -2.24. The Balaban J connectivity index is 0.00000192. The van der Waals surface area contributed by atoms with Gasteiger partial charge in [-0.2, -0.15) is 28.1 Å². The summed E-state index contributed by atoms with van der Waals surface area (Å²) in [7, 11) is 0. The zero-order chi connectivity index (χ0) is 18.4. The van der Waals surface area contributed by atoms with E-state index in [9.17, 15) is 4.39 Å². The molecule has 0 bridgehead atoms. The van der Waals surface area contributed by atoms with Crippen LogP contribution in [0, 0.1) is 12.7 Å². The Morgan fingerprint density at radius 1 is 1.25 bits per heavy atom. The van der Waals surface area contributed by atoms with Crippen molar-refractivity contribution in [1.29, 1.82) is 0 Å². The van der Waals surface area contributed by atoms with Gasteiger partial charge in [0.2, 0.25) is 5.95 Å². The Labute approximate surface area is 167 Å². The molecular formula is C19H20FN7S.